The summed E-state index contributed by atoms with van der Waals surface area (Å²) in [5.74, 6) is -1.68. The Morgan fingerprint density at radius 3 is 1.59 bits per heavy atom. The molecule has 0 saturated heterocycles. The minimum Gasteiger partial charge on any atom is -0.387 e. The van der Waals surface area contributed by atoms with Crippen LogP contribution in [0.1, 0.15) is 45.6 Å². The van der Waals surface area contributed by atoms with Gasteiger partial charge in [-0.15, -0.1) is 0 Å². The summed E-state index contributed by atoms with van der Waals surface area (Å²) in [6.07, 6.45) is -13.2. The highest BCUT2D eigenvalue weighted by atomic mass is 19.4. The molecule has 3 unspecified atom stereocenters. The SMILES string of the molecule is COC(c1cc(C#N)cc(C(F)(F)F)c1)C(C#N)C(O)c1cc(C#N)cc(C(F)(F)F)c1. The molecule has 11 heteroatoms. The van der Waals surface area contributed by atoms with E-state index in [1.54, 1.807) is 12.1 Å². The van der Waals surface area contributed by atoms with Crippen LogP contribution in [0.4, 0.5) is 26.3 Å². The van der Waals surface area contributed by atoms with E-state index in [0.29, 0.717) is 24.3 Å². The van der Waals surface area contributed by atoms with Crippen LogP contribution in [0.25, 0.3) is 0 Å². The number of methoxy groups -OCH3 is 1. The van der Waals surface area contributed by atoms with Crippen LogP contribution >= 0.6 is 0 Å². The first-order valence-electron chi connectivity index (χ1n) is 8.70. The molecule has 0 radical (unpaired) electrons. The fraction of sp³-hybridized carbons (Fsp3) is 0.286. The topological polar surface area (TPSA) is 101 Å². The van der Waals surface area contributed by atoms with Gasteiger partial charge < -0.3 is 9.84 Å². The molecule has 1 N–H and O–H groups in total. The van der Waals surface area contributed by atoms with Crippen molar-refractivity contribution >= 4 is 0 Å². The van der Waals surface area contributed by atoms with Gasteiger partial charge in [0.1, 0.15) is 12.0 Å². The highest BCUT2D eigenvalue weighted by molar-refractivity contribution is 5.42. The minimum atomic E-state index is -4.85. The van der Waals surface area contributed by atoms with E-state index in [1.165, 1.54) is 6.07 Å². The Hall–Kier alpha value is -3.59. The van der Waals surface area contributed by atoms with E-state index in [0.717, 1.165) is 19.2 Å². The van der Waals surface area contributed by atoms with E-state index < -0.39 is 58.3 Å². The Balaban J connectivity index is 2.60. The maximum atomic E-state index is 13.2. The van der Waals surface area contributed by atoms with Gasteiger partial charge in [-0.25, -0.2) is 0 Å². The van der Waals surface area contributed by atoms with Crippen molar-refractivity contribution in [2.45, 2.75) is 24.6 Å². The molecule has 2 rings (SSSR count). The second-order valence-corrected chi connectivity index (χ2v) is 6.66. The Kier molecular flexibility index (Phi) is 7.15. The maximum Gasteiger partial charge on any atom is 0.416 e. The van der Waals surface area contributed by atoms with E-state index in [4.69, 9.17) is 15.3 Å². The molecule has 0 spiro atoms. The third-order valence-corrected chi connectivity index (χ3v) is 4.56. The summed E-state index contributed by atoms with van der Waals surface area (Å²) in [6, 6.07) is 8.96. The van der Waals surface area contributed by atoms with Crippen LogP contribution in [-0.2, 0) is 17.1 Å². The zero-order valence-corrected chi connectivity index (χ0v) is 16.2. The van der Waals surface area contributed by atoms with E-state index in [9.17, 15) is 36.7 Å². The molecule has 166 valence electrons. The number of halogens is 6. The van der Waals surface area contributed by atoms with Crippen molar-refractivity contribution in [3.8, 4) is 18.2 Å². The predicted octanol–water partition coefficient (Wildman–Crippen LogP) is 5.03. The highest BCUT2D eigenvalue weighted by Crippen LogP contribution is 2.40. The zero-order valence-electron chi connectivity index (χ0n) is 16.2. The number of aliphatic hydroxyl groups excluding tert-OH is 1. The number of benzene rings is 2. The number of rotatable bonds is 5. The van der Waals surface area contributed by atoms with Crippen molar-refractivity contribution in [2.24, 2.45) is 5.92 Å². The van der Waals surface area contributed by atoms with E-state index in [1.807, 2.05) is 0 Å². The zero-order chi connectivity index (χ0) is 24.3. The molecular formula is C21H13F6N3O2. The number of alkyl halides is 6. The molecule has 0 bridgehead atoms. The first-order chi connectivity index (χ1) is 14.8. The average molecular weight is 453 g/mol. The normalized spacial score (nSPS) is 14.5. The number of nitrogens with zero attached hydrogens (tertiary/aromatic N) is 3. The smallest absolute Gasteiger partial charge is 0.387 e. The van der Waals surface area contributed by atoms with Gasteiger partial charge in [0.05, 0.1) is 46.6 Å². The van der Waals surface area contributed by atoms with Gasteiger partial charge >= 0.3 is 12.4 Å². The van der Waals surface area contributed by atoms with Crippen LogP contribution in [0, 0.1) is 39.9 Å². The average Bonchev–Trinajstić information content (AvgIpc) is 2.74. The lowest BCUT2D eigenvalue weighted by atomic mass is 9.86. The van der Waals surface area contributed by atoms with E-state index in [2.05, 4.69) is 0 Å². The summed E-state index contributed by atoms with van der Waals surface area (Å²) in [7, 11) is 1.03. The molecule has 0 fully saturated rings. The summed E-state index contributed by atoms with van der Waals surface area (Å²) in [5.41, 5.74) is -4.01. The Morgan fingerprint density at radius 1 is 0.781 bits per heavy atom. The summed E-state index contributed by atoms with van der Waals surface area (Å²) in [6.45, 7) is 0. The second-order valence-electron chi connectivity index (χ2n) is 6.66. The number of hydrogen-bond acceptors (Lipinski definition) is 5. The highest BCUT2D eigenvalue weighted by Gasteiger charge is 2.37. The van der Waals surface area contributed by atoms with Crippen molar-refractivity contribution in [3.05, 3.63) is 69.8 Å². The van der Waals surface area contributed by atoms with Gasteiger partial charge in [0.15, 0.2) is 0 Å². The van der Waals surface area contributed by atoms with Gasteiger partial charge in [-0.1, -0.05) is 0 Å². The summed E-state index contributed by atoms with van der Waals surface area (Å²) in [5, 5.41) is 38.3. The molecule has 0 amide bonds. The number of nitriles is 3. The van der Waals surface area contributed by atoms with Crippen molar-refractivity contribution in [2.75, 3.05) is 7.11 Å². The standard InChI is InChI=1S/C21H13F6N3O2/c1-32-19(14-3-12(9-29)5-16(7-14)21(25,26)27)17(10-30)18(31)13-2-11(8-28)4-15(6-13)20(22,23)24/h2-7,17-19,31H,1H3. The summed E-state index contributed by atoms with van der Waals surface area (Å²) >= 11 is 0. The van der Waals surface area contributed by atoms with Gasteiger partial charge in [-0.05, 0) is 47.5 Å². The Bertz CT molecular complexity index is 1120. The molecule has 5 nitrogen and oxygen atoms in total. The van der Waals surface area contributed by atoms with Crippen LogP contribution in [0.3, 0.4) is 0 Å². The fourth-order valence-electron chi connectivity index (χ4n) is 3.10. The van der Waals surface area contributed by atoms with Crippen molar-refractivity contribution < 1.29 is 36.2 Å². The number of hydrogen-bond donors (Lipinski definition) is 1. The monoisotopic (exact) mass is 453 g/mol. The molecule has 3 atom stereocenters. The molecule has 2 aromatic carbocycles. The van der Waals surface area contributed by atoms with Crippen molar-refractivity contribution in [3.63, 3.8) is 0 Å². The second kappa shape index (κ2) is 9.27. The molecule has 0 aliphatic carbocycles. The van der Waals surface area contributed by atoms with Gasteiger partial charge in [-0.3, -0.25) is 0 Å². The molecule has 32 heavy (non-hydrogen) atoms. The van der Waals surface area contributed by atoms with Gasteiger partial charge in [0, 0.05) is 7.11 Å². The lowest BCUT2D eigenvalue weighted by Crippen LogP contribution is -2.22. The largest absolute Gasteiger partial charge is 0.416 e. The Labute approximate surface area is 178 Å². The van der Waals surface area contributed by atoms with Crippen LogP contribution in [0.5, 0.6) is 0 Å². The maximum absolute atomic E-state index is 13.2. The minimum absolute atomic E-state index is 0.281. The van der Waals surface area contributed by atoms with Crippen LogP contribution in [-0.4, -0.2) is 12.2 Å². The van der Waals surface area contributed by atoms with E-state index >= 15 is 0 Å². The lowest BCUT2D eigenvalue weighted by Gasteiger charge is -2.26. The van der Waals surface area contributed by atoms with E-state index in [-0.39, 0.29) is 5.56 Å². The lowest BCUT2D eigenvalue weighted by molar-refractivity contribution is -0.138. The van der Waals surface area contributed by atoms with Gasteiger partial charge in [0.25, 0.3) is 0 Å². The number of ether oxygens (including phenoxy) is 1. The van der Waals surface area contributed by atoms with Crippen molar-refractivity contribution in [1.29, 1.82) is 15.8 Å². The van der Waals surface area contributed by atoms with Crippen molar-refractivity contribution in [1.82, 2.24) is 0 Å². The van der Waals surface area contributed by atoms with Crippen LogP contribution in [0.2, 0.25) is 0 Å². The molecular weight excluding hydrogens is 440 g/mol. The fourth-order valence-corrected chi connectivity index (χ4v) is 3.10. The third-order valence-electron chi connectivity index (χ3n) is 4.56. The molecule has 2 aromatic rings. The molecule has 0 aromatic heterocycles. The summed E-state index contributed by atoms with van der Waals surface area (Å²) in [4.78, 5) is 0. The Morgan fingerprint density at radius 2 is 1.22 bits per heavy atom. The molecule has 0 heterocycles. The summed E-state index contributed by atoms with van der Waals surface area (Å²) < 4.78 is 84.1. The van der Waals surface area contributed by atoms with Crippen LogP contribution in [0.15, 0.2) is 36.4 Å². The van der Waals surface area contributed by atoms with Gasteiger partial charge in [-0.2, -0.15) is 42.1 Å². The molecule has 0 aliphatic rings. The first kappa shape index (κ1) is 24.7. The van der Waals surface area contributed by atoms with Gasteiger partial charge in [0.2, 0.25) is 0 Å². The quantitative estimate of drug-likeness (QED) is 0.640. The predicted molar refractivity (Wildman–Crippen MR) is 96.1 cm³/mol. The first-order valence-corrected chi connectivity index (χ1v) is 8.70. The van der Waals surface area contributed by atoms with Crippen LogP contribution < -0.4 is 0 Å². The molecule has 0 aliphatic heterocycles. The third kappa shape index (κ3) is 5.36. The molecule has 0 saturated carbocycles. The number of aliphatic hydroxyl groups is 1.